The molecule has 1 unspecified atom stereocenters. The van der Waals surface area contributed by atoms with E-state index in [1.54, 1.807) is 0 Å². The summed E-state index contributed by atoms with van der Waals surface area (Å²) in [6.45, 7) is 2.52. The summed E-state index contributed by atoms with van der Waals surface area (Å²) >= 11 is 0. The van der Waals surface area contributed by atoms with Crippen molar-refractivity contribution < 1.29 is 9.90 Å². The Hall–Kier alpha value is -2.18. The van der Waals surface area contributed by atoms with Gasteiger partial charge in [-0.2, -0.15) is 5.10 Å². The highest BCUT2D eigenvalue weighted by Gasteiger charge is 2.24. The molecule has 6 nitrogen and oxygen atoms in total. The minimum Gasteiger partial charge on any atom is -0.392 e. The molecule has 0 saturated heterocycles. The van der Waals surface area contributed by atoms with Crippen LogP contribution in [0.4, 0.5) is 5.82 Å². The lowest BCUT2D eigenvalue weighted by Crippen LogP contribution is -2.45. The molecule has 6 heteroatoms. The number of benzene rings is 1. The van der Waals surface area contributed by atoms with Gasteiger partial charge >= 0.3 is 0 Å². The maximum absolute atomic E-state index is 12.7. The number of carbonyl (C=O) groups is 1. The number of carbonyl (C=O) groups excluding carboxylic acids is 1. The van der Waals surface area contributed by atoms with Crippen LogP contribution in [0.15, 0.2) is 36.4 Å². The quantitative estimate of drug-likeness (QED) is 0.530. The number of rotatable bonds is 9. The van der Waals surface area contributed by atoms with Crippen molar-refractivity contribution in [3.63, 3.8) is 0 Å². The smallest absolute Gasteiger partial charge is 0.242 e. The molecule has 152 valence electrons. The molecule has 1 saturated carbocycles. The van der Waals surface area contributed by atoms with Crippen LogP contribution in [-0.2, 0) is 4.79 Å². The van der Waals surface area contributed by atoms with Gasteiger partial charge in [-0.1, -0.05) is 62.9 Å². The summed E-state index contributed by atoms with van der Waals surface area (Å²) in [5.74, 6) is 0.841. The van der Waals surface area contributed by atoms with Crippen molar-refractivity contribution in [2.45, 2.75) is 64.0 Å². The molecule has 1 fully saturated rings. The van der Waals surface area contributed by atoms with E-state index in [-0.39, 0.29) is 18.1 Å². The molecule has 1 heterocycles. The molecule has 2 atom stereocenters. The van der Waals surface area contributed by atoms with Crippen LogP contribution in [0, 0.1) is 5.92 Å². The number of H-pyrrole nitrogens is 1. The second-order valence-electron chi connectivity index (χ2n) is 7.74. The first-order chi connectivity index (χ1) is 13.7. The summed E-state index contributed by atoms with van der Waals surface area (Å²) < 4.78 is 0. The van der Waals surface area contributed by atoms with Gasteiger partial charge in [0.25, 0.3) is 0 Å². The third kappa shape index (κ3) is 5.66. The predicted molar refractivity (Wildman–Crippen MR) is 112 cm³/mol. The molecule has 2 aromatic rings. The van der Waals surface area contributed by atoms with E-state index >= 15 is 0 Å². The SMILES string of the molecule is CCC[C@H](NCC(O)C1CCCCC1)C(=O)Nc1cc(-c2ccccc2)n[nH]1. The lowest BCUT2D eigenvalue weighted by atomic mass is 9.85. The highest BCUT2D eigenvalue weighted by atomic mass is 16.3. The molecule has 0 aliphatic heterocycles. The normalized spacial score (nSPS) is 17.2. The largest absolute Gasteiger partial charge is 0.392 e. The Kier molecular flexibility index (Phi) is 7.62. The summed E-state index contributed by atoms with van der Waals surface area (Å²) in [7, 11) is 0. The van der Waals surface area contributed by atoms with E-state index in [4.69, 9.17) is 0 Å². The first-order valence-corrected chi connectivity index (χ1v) is 10.5. The van der Waals surface area contributed by atoms with Crippen LogP contribution in [0.5, 0.6) is 0 Å². The molecular formula is C22H32N4O2. The van der Waals surface area contributed by atoms with E-state index in [0.717, 1.165) is 36.9 Å². The van der Waals surface area contributed by atoms with Gasteiger partial charge in [0.15, 0.2) is 0 Å². The van der Waals surface area contributed by atoms with E-state index in [2.05, 4.69) is 27.8 Å². The van der Waals surface area contributed by atoms with Gasteiger partial charge < -0.3 is 15.7 Å². The summed E-state index contributed by atoms with van der Waals surface area (Å²) in [5, 5.41) is 23.9. The Morgan fingerprint density at radius 1 is 1.25 bits per heavy atom. The van der Waals surface area contributed by atoms with Crippen LogP contribution in [0.3, 0.4) is 0 Å². The lowest BCUT2D eigenvalue weighted by molar-refractivity contribution is -0.118. The van der Waals surface area contributed by atoms with E-state index in [1.807, 2.05) is 36.4 Å². The van der Waals surface area contributed by atoms with Crippen molar-refractivity contribution in [2.24, 2.45) is 5.92 Å². The first kappa shape index (κ1) is 20.6. The second-order valence-corrected chi connectivity index (χ2v) is 7.74. The van der Waals surface area contributed by atoms with Crippen molar-refractivity contribution in [1.29, 1.82) is 0 Å². The average Bonchev–Trinajstić information content (AvgIpc) is 3.20. The fraction of sp³-hybridized carbons (Fsp3) is 0.545. The Bertz CT molecular complexity index is 725. The highest BCUT2D eigenvalue weighted by Crippen LogP contribution is 2.26. The van der Waals surface area contributed by atoms with E-state index in [9.17, 15) is 9.90 Å². The van der Waals surface area contributed by atoms with Crippen molar-refractivity contribution >= 4 is 11.7 Å². The molecule has 3 rings (SSSR count). The van der Waals surface area contributed by atoms with Crippen molar-refractivity contribution in [3.05, 3.63) is 36.4 Å². The molecule has 1 aliphatic carbocycles. The maximum Gasteiger partial charge on any atom is 0.242 e. The molecule has 1 amide bonds. The van der Waals surface area contributed by atoms with Gasteiger partial charge in [0.05, 0.1) is 17.8 Å². The zero-order valence-electron chi connectivity index (χ0n) is 16.7. The summed E-state index contributed by atoms with van der Waals surface area (Å²) in [6, 6.07) is 11.4. The number of aromatic nitrogens is 2. The Balaban J connectivity index is 1.54. The van der Waals surface area contributed by atoms with Crippen molar-refractivity contribution in [2.75, 3.05) is 11.9 Å². The summed E-state index contributed by atoms with van der Waals surface area (Å²) in [5.41, 5.74) is 1.79. The van der Waals surface area contributed by atoms with Crippen molar-refractivity contribution in [3.8, 4) is 11.3 Å². The number of nitrogens with zero attached hydrogens (tertiary/aromatic N) is 1. The van der Waals surface area contributed by atoms with Gasteiger partial charge in [0.1, 0.15) is 5.82 Å². The van der Waals surface area contributed by atoms with Gasteiger partial charge in [0.2, 0.25) is 5.91 Å². The fourth-order valence-electron chi connectivity index (χ4n) is 3.93. The Morgan fingerprint density at radius 3 is 2.71 bits per heavy atom. The fourth-order valence-corrected chi connectivity index (χ4v) is 3.93. The molecule has 28 heavy (non-hydrogen) atoms. The number of nitrogens with one attached hydrogen (secondary N) is 3. The third-order valence-corrected chi connectivity index (χ3v) is 5.57. The number of amides is 1. The number of anilines is 1. The molecule has 0 radical (unpaired) electrons. The predicted octanol–water partition coefficient (Wildman–Crippen LogP) is 3.71. The minimum atomic E-state index is -0.385. The van der Waals surface area contributed by atoms with E-state index in [1.165, 1.54) is 19.3 Å². The van der Waals surface area contributed by atoms with Gasteiger partial charge in [-0.3, -0.25) is 9.89 Å². The first-order valence-electron chi connectivity index (χ1n) is 10.5. The number of hydrogen-bond acceptors (Lipinski definition) is 4. The lowest BCUT2D eigenvalue weighted by Gasteiger charge is -2.28. The molecule has 1 aromatic heterocycles. The zero-order valence-corrected chi connectivity index (χ0v) is 16.7. The monoisotopic (exact) mass is 384 g/mol. The Labute approximate surface area is 167 Å². The number of aromatic amines is 1. The molecular weight excluding hydrogens is 352 g/mol. The maximum atomic E-state index is 12.7. The van der Waals surface area contributed by atoms with E-state index in [0.29, 0.717) is 18.3 Å². The van der Waals surface area contributed by atoms with E-state index < -0.39 is 0 Å². The van der Waals surface area contributed by atoms with Gasteiger partial charge in [-0.15, -0.1) is 0 Å². The van der Waals surface area contributed by atoms with Crippen LogP contribution in [0.2, 0.25) is 0 Å². The molecule has 1 aromatic carbocycles. The summed E-state index contributed by atoms with van der Waals surface area (Å²) in [4.78, 5) is 12.7. The standard InChI is InChI=1S/C22H32N4O2/c1-2-9-18(23-15-20(27)17-12-7-4-8-13-17)22(28)24-21-14-19(25-26-21)16-10-5-3-6-11-16/h3,5-6,10-11,14,17-18,20,23,27H,2,4,7-9,12-13,15H2,1H3,(H2,24,25,26,28)/t18-,20?/m0/s1. The third-order valence-electron chi connectivity index (χ3n) is 5.57. The molecule has 4 N–H and O–H groups in total. The van der Waals surface area contributed by atoms with Crippen LogP contribution >= 0.6 is 0 Å². The molecule has 1 aliphatic rings. The van der Waals surface area contributed by atoms with Crippen LogP contribution in [0.1, 0.15) is 51.9 Å². The van der Waals surface area contributed by atoms with Crippen LogP contribution in [-0.4, -0.2) is 39.9 Å². The van der Waals surface area contributed by atoms with Gasteiger partial charge in [-0.05, 0) is 25.2 Å². The van der Waals surface area contributed by atoms with Crippen LogP contribution < -0.4 is 10.6 Å². The zero-order chi connectivity index (χ0) is 19.8. The number of aliphatic hydroxyl groups excluding tert-OH is 1. The second kappa shape index (κ2) is 10.4. The molecule has 0 spiro atoms. The highest BCUT2D eigenvalue weighted by molar-refractivity contribution is 5.94. The Morgan fingerprint density at radius 2 is 2.00 bits per heavy atom. The van der Waals surface area contributed by atoms with Crippen LogP contribution in [0.25, 0.3) is 11.3 Å². The topological polar surface area (TPSA) is 90.0 Å². The van der Waals surface area contributed by atoms with Gasteiger partial charge in [-0.25, -0.2) is 0 Å². The van der Waals surface area contributed by atoms with Crippen molar-refractivity contribution in [1.82, 2.24) is 15.5 Å². The number of hydrogen-bond donors (Lipinski definition) is 4. The molecule has 0 bridgehead atoms. The summed E-state index contributed by atoms with van der Waals surface area (Å²) in [6.07, 6.45) is 7.07. The minimum absolute atomic E-state index is 0.0963. The number of aliphatic hydroxyl groups is 1. The van der Waals surface area contributed by atoms with Gasteiger partial charge in [0, 0.05) is 18.2 Å². The average molecular weight is 385 g/mol.